The zero-order chi connectivity index (χ0) is 22.4. The average molecular weight is 450 g/mol. The lowest BCUT2D eigenvalue weighted by atomic mass is 9.94. The van der Waals surface area contributed by atoms with Crippen LogP contribution in [-0.4, -0.2) is 60.2 Å². The van der Waals surface area contributed by atoms with E-state index in [-0.39, 0.29) is 11.2 Å². The van der Waals surface area contributed by atoms with Crippen molar-refractivity contribution < 1.29 is 23.4 Å². The maximum atomic E-state index is 13.1. The summed E-state index contributed by atoms with van der Waals surface area (Å²) < 4.78 is 22.0. The molecule has 0 N–H and O–H groups in total. The fraction of sp³-hybridized carbons (Fsp3) is 0.591. The second-order valence-electron chi connectivity index (χ2n) is 7.46. The maximum Gasteiger partial charge on any atom is 0.277 e. The molecule has 1 saturated carbocycles. The molecule has 0 bridgehead atoms. The highest BCUT2D eigenvalue weighted by molar-refractivity contribution is 8.00. The average Bonchev–Trinajstić information content (AvgIpc) is 3.27. The van der Waals surface area contributed by atoms with Gasteiger partial charge in [0.1, 0.15) is 0 Å². The van der Waals surface area contributed by atoms with Crippen LogP contribution in [0.2, 0.25) is 0 Å². The van der Waals surface area contributed by atoms with E-state index in [0.717, 1.165) is 19.4 Å². The molecule has 1 fully saturated rings. The number of hydrogen-bond donors (Lipinski definition) is 0. The van der Waals surface area contributed by atoms with Crippen molar-refractivity contribution in [1.82, 2.24) is 15.1 Å². The lowest BCUT2D eigenvalue weighted by Crippen LogP contribution is -2.44. The summed E-state index contributed by atoms with van der Waals surface area (Å²) in [5.41, 5.74) is 0.644. The van der Waals surface area contributed by atoms with Crippen LogP contribution in [0.15, 0.2) is 21.8 Å². The van der Waals surface area contributed by atoms with E-state index in [4.69, 9.17) is 18.6 Å². The molecule has 0 spiro atoms. The van der Waals surface area contributed by atoms with Gasteiger partial charge in [0, 0.05) is 18.2 Å². The zero-order valence-corrected chi connectivity index (χ0v) is 19.7. The van der Waals surface area contributed by atoms with Gasteiger partial charge in [-0.2, -0.15) is 0 Å². The Bertz CT molecular complexity index is 857. The van der Waals surface area contributed by atoms with Crippen LogP contribution in [-0.2, 0) is 4.79 Å². The molecule has 31 heavy (non-hydrogen) atoms. The number of hydrogen-bond acceptors (Lipinski definition) is 8. The SMILES string of the molecule is CCN(C(=O)C(C)Sc1nnc(-c2cc(OC)c(OC)c(OC)c2)o1)C1CCCCC1. The van der Waals surface area contributed by atoms with Crippen molar-refractivity contribution in [2.75, 3.05) is 27.9 Å². The predicted molar refractivity (Wildman–Crippen MR) is 119 cm³/mol. The van der Waals surface area contributed by atoms with Crippen LogP contribution in [0.3, 0.4) is 0 Å². The molecule has 0 aliphatic heterocycles. The first-order valence-corrected chi connectivity index (χ1v) is 11.5. The van der Waals surface area contributed by atoms with Gasteiger partial charge >= 0.3 is 0 Å². The van der Waals surface area contributed by atoms with E-state index in [1.54, 1.807) is 33.5 Å². The van der Waals surface area contributed by atoms with Gasteiger partial charge in [0.2, 0.25) is 17.5 Å². The van der Waals surface area contributed by atoms with Gasteiger partial charge in [-0.15, -0.1) is 10.2 Å². The van der Waals surface area contributed by atoms with E-state index >= 15 is 0 Å². The minimum Gasteiger partial charge on any atom is -0.493 e. The fourth-order valence-corrected chi connectivity index (χ4v) is 4.75. The minimum absolute atomic E-state index is 0.118. The Morgan fingerprint density at radius 1 is 1.13 bits per heavy atom. The standard InChI is InChI=1S/C22H31N3O5S/c1-6-25(16-10-8-7-9-11-16)21(26)14(2)31-22-24-23-20(30-22)15-12-17(27-3)19(29-5)18(13-15)28-4/h12-14,16H,6-11H2,1-5H3. The number of nitrogens with zero attached hydrogens (tertiary/aromatic N) is 3. The van der Waals surface area contributed by atoms with Crippen molar-refractivity contribution in [3.63, 3.8) is 0 Å². The molecule has 1 amide bonds. The molecular weight excluding hydrogens is 418 g/mol. The highest BCUT2D eigenvalue weighted by Crippen LogP contribution is 2.41. The number of thioether (sulfide) groups is 1. The van der Waals surface area contributed by atoms with Crippen LogP contribution in [0.25, 0.3) is 11.5 Å². The third-order valence-electron chi connectivity index (χ3n) is 5.58. The molecule has 8 nitrogen and oxygen atoms in total. The van der Waals surface area contributed by atoms with Crippen molar-refractivity contribution in [1.29, 1.82) is 0 Å². The van der Waals surface area contributed by atoms with E-state index in [9.17, 15) is 4.79 Å². The second kappa shape index (κ2) is 10.7. The number of ether oxygens (including phenoxy) is 3. The van der Waals surface area contributed by atoms with Crippen LogP contribution < -0.4 is 14.2 Å². The van der Waals surface area contributed by atoms with Gasteiger partial charge in [0.15, 0.2) is 11.5 Å². The molecular formula is C22H31N3O5S. The smallest absolute Gasteiger partial charge is 0.277 e. The van der Waals surface area contributed by atoms with Crippen LogP contribution in [0.4, 0.5) is 0 Å². The van der Waals surface area contributed by atoms with Crippen LogP contribution in [0.1, 0.15) is 46.0 Å². The molecule has 170 valence electrons. The largest absolute Gasteiger partial charge is 0.493 e. The molecule has 0 radical (unpaired) electrons. The minimum atomic E-state index is -0.310. The number of methoxy groups -OCH3 is 3. The molecule has 9 heteroatoms. The molecule has 1 atom stereocenters. The molecule has 1 unspecified atom stereocenters. The van der Waals surface area contributed by atoms with Crippen molar-refractivity contribution >= 4 is 17.7 Å². The Hall–Kier alpha value is -2.42. The van der Waals surface area contributed by atoms with Gasteiger partial charge in [-0.25, -0.2) is 0 Å². The Morgan fingerprint density at radius 2 is 1.77 bits per heavy atom. The van der Waals surface area contributed by atoms with Crippen LogP contribution in [0, 0.1) is 0 Å². The summed E-state index contributed by atoms with van der Waals surface area (Å²) in [6.45, 7) is 4.65. The molecule has 1 aliphatic carbocycles. The van der Waals surface area contributed by atoms with Gasteiger partial charge in [-0.1, -0.05) is 31.0 Å². The van der Waals surface area contributed by atoms with E-state index in [1.807, 2.05) is 18.7 Å². The van der Waals surface area contributed by atoms with Gasteiger partial charge in [-0.05, 0) is 38.8 Å². The molecule has 1 heterocycles. The maximum absolute atomic E-state index is 13.1. The first kappa shape index (κ1) is 23.2. The molecule has 0 saturated heterocycles. The first-order valence-electron chi connectivity index (χ1n) is 10.6. The summed E-state index contributed by atoms with van der Waals surface area (Å²) >= 11 is 1.28. The Labute approximate surface area is 187 Å². The van der Waals surface area contributed by atoms with Gasteiger partial charge in [0.05, 0.1) is 26.6 Å². The number of benzene rings is 1. The number of carbonyl (C=O) groups is 1. The lowest BCUT2D eigenvalue weighted by molar-refractivity contribution is -0.133. The highest BCUT2D eigenvalue weighted by atomic mass is 32.2. The Kier molecular flexibility index (Phi) is 8.06. The lowest BCUT2D eigenvalue weighted by Gasteiger charge is -2.34. The first-order chi connectivity index (χ1) is 15.0. The van der Waals surface area contributed by atoms with E-state index in [1.165, 1.54) is 31.0 Å². The quantitative estimate of drug-likeness (QED) is 0.520. The van der Waals surface area contributed by atoms with Crippen LogP contribution >= 0.6 is 11.8 Å². The third-order valence-corrected chi connectivity index (χ3v) is 6.50. The second-order valence-corrected chi connectivity index (χ2v) is 8.76. The van der Waals surface area contributed by atoms with Crippen molar-refractivity contribution in [2.24, 2.45) is 0 Å². The van der Waals surface area contributed by atoms with E-state index in [0.29, 0.717) is 40.0 Å². The summed E-state index contributed by atoms with van der Waals surface area (Å²) in [6, 6.07) is 3.84. The molecule has 1 aromatic carbocycles. The number of rotatable bonds is 9. The van der Waals surface area contributed by atoms with Crippen LogP contribution in [0.5, 0.6) is 17.2 Å². The highest BCUT2D eigenvalue weighted by Gasteiger charge is 2.29. The monoisotopic (exact) mass is 449 g/mol. The predicted octanol–water partition coefficient (Wildman–Crippen LogP) is 4.42. The van der Waals surface area contributed by atoms with Crippen molar-refractivity contribution in [3.8, 4) is 28.7 Å². The third kappa shape index (κ3) is 5.26. The molecule has 3 rings (SSSR count). The summed E-state index contributed by atoms with van der Waals surface area (Å²) in [7, 11) is 4.65. The fourth-order valence-electron chi connectivity index (χ4n) is 4.00. The normalized spacial score (nSPS) is 15.4. The summed E-state index contributed by atoms with van der Waals surface area (Å²) in [5.74, 6) is 1.93. The summed E-state index contributed by atoms with van der Waals surface area (Å²) in [4.78, 5) is 15.1. The Balaban J connectivity index is 1.74. The summed E-state index contributed by atoms with van der Waals surface area (Å²) in [6.07, 6.45) is 5.82. The number of carbonyl (C=O) groups excluding carboxylic acids is 1. The molecule has 2 aromatic rings. The van der Waals surface area contributed by atoms with E-state index in [2.05, 4.69) is 10.2 Å². The summed E-state index contributed by atoms with van der Waals surface area (Å²) in [5, 5.41) is 8.32. The number of aromatic nitrogens is 2. The topological polar surface area (TPSA) is 86.9 Å². The van der Waals surface area contributed by atoms with Crippen molar-refractivity contribution in [2.45, 2.75) is 62.5 Å². The van der Waals surface area contributed by atoms with E-state index < -0.39 is 0 Å². The zero-order valence-electron chi connectivity index (χ0n) is 18.8. The van der Waals surface area contributed by atoms with Gasteiger partial charge in [0.25, 0.3) is 5.22 Å². The molecule has 1 aromatic heterocycles. The van der Waals surface area contributed by atoms with Gasteiger partial charge < -0.3 is 23.5 Å². The Morgan fingerprint density at radius 3 is 2.32 bits per heavy atom. The molecule has 1 aliphatic rings. The van der Waals surface area contributed by atoms with Gasteiger partial charge in [-0.3, -0.25) is 4.79 Å². The van der Waals surface area contributed by atoms with Crippen molar-refractivity contribution in [3.05, 3.63) is 12.1 Å². The number of amides is 1.